The summed E-state index contributed by atoms with van der Waals surface area (Å²) in [6.45, 7) is 0.978. The molecule has 0 radical (unpaired) electrons. The van der Waals surface area contributed by atoms with E-state index in [2.05, 4.69) is 4.57 Å². The fourth-order valence-electron chi connectivity index (χ4n) is 2.32. The van der Waals surface area contributed by atoms with E-state index in [4.69, 9.17) is 4.98 Å². The Morgan fingerprint density at radius 3 is 2.88 bits per heavy atom. The van der Waals surface area contributed by atoms with Crippen LogP contribution in [0.3, 0.4) is 0 Å². The number of hydrogen-bond acceptors (Lipinski definition) is 3. The topological polar surface area (TPSA) is 34.9 Å². The molecule has 2 aromatic rings. The van der Waals surface area contributed by atoms with Gasteiger partial charge in [0.2, 0.25) is 0 Å². The quantitative estimate of drug-likeness (QED) is 0.776. The predicted molar refractivity (Wildman–Crippen MR) is 67.7 cm³/mol. The van der Waals surface area contributed by atoms with Gasteiger partial charge in [-0.05, 0) is 37.7 Å². The van der Waals surface area contributed by atoms with Gasteiger partial charge in [0.25, 0.3) is 0 Å². The lowest BCUT2D eigenvalue weighted by Crippen LogP contribution is -2.04. The molecule has 4 heteroatoms. The van der Waals surface area contributed by atoms with Crippen LogP contribution in [0.5, 0.6) is 0 Å². The van der Waals surface area contributed by atoms with Gasteiger partial charge in [0, 0.05) is 12.5 Å². The Balaban J connectivity index is 1.82. The summed E-state index contributed by atoms with van der Waals surface area (Å²) in [4.78, 5) is 15.8. The van der Waals surface area contributed by atoms with Crippen LogP contribution < -0.4 is 0 Å². The third-order valence-electron chi connectivity index (χ3n) is 3.68. The van der Waals surface area contributed by atoms with E-state index in [9.17, 15) is 4.79 Å². The number of carbonyl (C=O) groups excluding carboxylic acids is 1. The van der Waals surface area contributed by atoms with Crippen molar-refractivity contribution in [1.82, 2.24) is 9.55 Å². The highest BCUT2D eigenvalue weighted by Gasteiger charge is 2.29. The Morgan fingerprint density at radius 2 is 2.24 bits per heavy atom. The summed E-state index contributed by atoms with van der Waals surface area (Å²) in [6, 6.07) is 2.01. The van der Waals surface area contributed by atoms with Crippen molar-refractivity contribution < 1.29 is 4.79 Å². The number of rotatable bonds is 4. The Hall–Kier alpha value is -1.16. The molecule has 2 fully saturated rings. The van der Waals surface area contributed by atoms with Crippen LogP contribution in [0, 0.1) is 5.92 Å². The molecular formula is C13H14N2OS. The van der Waals surface area contributed by atoms with Gasteiger partial charge in [-0.3, -0.25) is 4.79 Å². The molecule has 88 valence electrons. The van der Waals surface area contributed by atoms with Gasteiger partial charge in [-0.25, -0.2) is 4.98 Å². The number of hydrogen-bond donors (Lipinski definition) is 0. The second-order valence-electron chi connectivity index (χ2n) is 5.26. The number of fused-ring (bicyclic) bond motifs is 1. The predicted octanol–water partition coefficient (Wildman–Crippen LogP) is 3.20. The van der Waals surface area contributed by atoms with Crippen molar-refractivity contribution in [3.8, 4) is 0 Å². The molecule has 0 bridgehead atoms. The molecule has 0 spiro atoms. The summed E-state index contributed by atoms with van der Waals surface area (Å²) in [7, 11) is 0. The van der Waals surface area contributed by atoms with Gasteiger partial charge in [0.05, 0.1) is 15.4 Å². The molecule has 3 nitrogen and oxygen atoms in total. The van der Waals surface area contributed by atoms with Crippen molar-refractivity contribution in [1.29, 1.82) is 0 Å². The number of nitrogens with zero attached hydrogens (tertiary/aromatic N) is 2. The van der Waals surface area contributed by atoms with Crippen LogP contribution in [-0.2, 0) is 6.54 Å². The van der Waals surface area contributed by atoms with Gasteiger partial charge in [-0.2, -0.15) is 0 Å². The first-order valence-corrected chi connectivity index (χ1v) is 7.12. The fourth-order valence-corrected chi connectivity index (χ4v) is 3.50. The van der Waals surface area contributed by atoms with E-state index in [-0.39, 0.29) is 0 Å². The van der Waals surface area contributed by atoms with Crippen molar-refractivity contribution in [2.75, 3.05) is 0 Å². The summed E-state index contributed by atoms with van der Waals surface area (Å²) in [5.74, 6) is 1.48. The molecule has 17 heavy (non-hydrogen) atoms. The minimum absolute atomic E-state index is 0.710. The van der Waals surface area contributed by atoms with Gasteiger partial charge < -0.3 is 4.57 Å². The average molecular weight is 246 g/mol. The molecule has 0 N–H and O–H groups in total. The zero-order chi connectivity index (χ0) is 11.4. The van der Waals surface area contributed by atoms with Crippen LogP contribution in [0.2, 0.25) is 0 Å². The van der Waals surface area contributed by atoms with Crippen LogP contribution in [0.4, 0.5) is 0 Å². The molecule has 0 aromatic carbocycles. The zero-order valence-corrected chi connectivity index (χ0v) is 10.4. The van der Waals surface area contributed by atoms with Gasteiger partial charge in [0.1, 0.15) is 0 Å². The van der Waals surface area contributed by atoms with Gasteiger partial charge >= 0.3 is 0 Å². The highest BCUT2D eigenvalue weighted by Crippen LogP contribution is 2.44. The standard InChI is InChI=1S/C13H14N2OS/c16-7-10-5-11-12(15(10)6-8-1-2-8)14-13(17-11)9-3-4-9/h5,7-9H,1-4,6H2. The summed E-state index contributed by atoms with van der Waals surface area (Å²) < 4.78 is 3.32. The molecule has 2 saturated carbocycles. The maximum atomic E-state index is 11.1. The van der Waals surface area contributed by atoms with E-state index in [0.717, 1.165) is 30.1 Å². The molecule has 0 atom stereocenters. The number of carbonyl (C=O) groups is 1. The lowest BCUT2D eigenvalue weighted by molar-refractivity contribution is 0.111. The molecule has 0 unspecified atom stereocenters. The third-order valence-corrected chi connectivity index (χ3v) is 4.84. The smallest absolute Gasteiger partial charge is 0.166 e. The van der Waals surface area contributed by atoms with Crippen LogP contribution in [0.25, 0.3) is 10.3 Å². The first kappa shape index (κ1) is 9.83. The minimum Gasteiger partial charge on any atom is -0.322 e. The lowest BCUT2D eigenvalue weighted by atomic mass is 10.4. The van der Waals surface area contributed by atoms with Crippen molar-refractivity contribution in [2.24, 2.45) is 5.92 Å². The number of aldehydes is 1. The fraction of sp³-hybridized carbons (Fsp3) is 0.538. The monoisotopic (exact) mass is 246 g/mol. The molecule has 0 aliphatic heterocycles. The molecule has 2 heterocycles. The van der Waals surface area contributed by atoms with E-state index in [1.165, 1.54) is 35.4 Å². The van der Waals surface area contributed by atoms with Crippen LogP contribution >= 0.6 is 11.3 Å². The first-order valence-electron chi connectivity index (χ1n) is 6.30. The highest BCUT2D eigenvalue weighted by atomic mass is 32.1. The summed E-state index contributed by atoms with van der Waals surface area (Å²) in [6.07, 6.45) is 6.15. The minimum atomic E-state index is 0.710. The van der Waals surface area contributed by atoms with E-state index in [1.807, 2.05) is 6.07 Å². The van der Waals surface area contributed by atoms with Crippen molar-refractivity contribution in [3.05, 3.63) is 16.8 Å². The molecule has 2 aliphatic carbocycles. The second-order valence-corrected chi connectivity index (χ2v) is 6.32. The second kappa shape index (κ2) is 3.42. The van der Waals surface area contributed by atoms with E-state index in [0.29, 0.717) is 5.92 Å². The van der Waals surface area contributed by atoms with Crippen molar-refractivity contribution in [2.45, 2.75) is 38.1 Å². The number of aromatic nitrogens is 2. The maximum Gasteiger partial charge on any atom is 0.166 e. The SMILES string of the molecule is O=Cc1cc2sc(C3CC3)nc2n1CC1CC1. The molecule has 2 aromatic heterocycles. The maximum absolute atomic E-state index is 11.1. The summed E-state index contributed by atoms with van der Waals surface area (Å²) >= 11 is 1.77. The Morgan fingerprint density at radius 1 is 1.41 bits per heavy atom. The average Bonchev–Trinajstić information content (AvgIpc) is 3.22. The first-order chi connectivity index (χ1) is 8.35. The van der Waals surface area contributed by atoms with Crippen LogP contribution in [0.1, 0.15) is 47.1 Å². The summed E-state index contributed by atoms with van der Waals surface area (Å²) in [5, 5.41) is 1.27. The van der Waals surface area contributed by atoms with Gasteiger partial charge in [-0.1, -0.05) is 0 Å². The van der Waals surface area contributed by atoms with Gasteiger partial charge in [0.15, 0.2) is 11.9 Å². The Bertz CT molecular complexity index is 590. The van der Waals surface area contributed by atoms with E-state index < -0.39 is 0 Å². The Kier molecular flexibility index (Phi) is 1.98. The lowest BCUT2D eigenvalue weighted by Gasteiger charge is -2.03. The van der Waals surface area contributed by atoms with Crippen LogP contribution in [-0.4, -0.2) is 15.8 Å². The van der Waals surface area contributed by atoms with E-state index >= 15 is 0 Å². The third kappa shape index (κ3) is 1.62. The molecule has 2 aliphatic rings. The highest BCUT2D eigenvalue weighted by molar-refractivity contribution is 7.18. The zero-order valence-electron chi connectivity index (χ0n) is 9.56. The van der Waals surface area contributed by atoms with Crippen molar-refractivity contribution >= 4 is 28.0 Å². The molecular weight excluding hydrogens is 232 g/mol. The summed E-state index contributed by atoms with van der Waals surface area (Å²) in [5.41, 5.74) is 1.85. The van der Waals surface area contributed by atoms with Crippen molar-refractivity contribution in [3.63, 3.8) is 0 Å². The largest absolute Gasteiger partial charge is 0.322 e. The van der Waals surface area contributed by atoms with Gasteiger partial charge in [-0.15, -0.1) is 11.3 Å². The van der Waals surface area contributed by atoms with Crippen LogP contribution in [0.15, 0.2) is 6.07 Å². The number of thiazole rings is 1. The Labute approximate surface area is 103 Å². The molecule has 0 amide bonds. The molecule has 4 rings (SSSR count). The normalized spacial score (nSPS) is 20.0. The molecule has 0 saturated heterocycles. The van der Waals surface area contributed by atoms with E-state index in [1.54, 1.807) is 11.3 Å².